The molecule has 0 saturated heterocycles. The molecule has 6 nitrogen and oxygen atoms in total. The smallest absolute Gasteiger partial charge is 0.269 e. The van der Waals surface area contributed by atoms with Crippen LogP contribution in [0.15, 0.2) is 36.4 Å². The molecule has 1 amide bonds. The summed E-state index contributed by atoms with van der Waals surface area (Å²) in [5.41, 5.74) is -0.00136. The van der Waals surface area contributed by atoms with Crippen molar-refractivity contribution in [2.45, 2.75) is 19.4 Å². The molecule has 1 atom stereocenters. The van der Waals surface area contributed by atoms with Gasteiger partial charge in [-0.3, -0.25) is 14.9 Å². The van der Waals surface area contributed by atoms with Gasteiger partial charge in [0.05, 0.1) is 28.3 Å². The van der Waals surface area contributed by atoms with Crippen LogP contribution in [0.2, 0.25) is 4.34 Å². The van der Waals surface area contributed by atoms with Crippen molar-refractivity contribution < 1.29 is 14.5 Å². The van der Waals surface area contributed by atoms with Gasteiger partial charge >= 0.3 is 0 Å². The van der Waals surface area contributed by atoms with E-state index in [1.54, 1.807) is 6.07 Å². The lowest BCUT2D eigenvalue weighted by atomic mass is 10.2. The fourth-order valence-corrected chi connectivity index (χ4v) is 2.93. The van der Waals surface area contributed by atoms with Crippen LogP contribution in [0.4, 0.5) is 5.69 Å². The van der Waals surface area contributed by atoms with E-state index in [1.165, 1.54) is 35.6 Å². The minimum atomic E-state index is -0.477. The number of ether oxygens (including phenoxy) is 1. The molecule has 122 valence electrons. The normalized spacial score (nSPS) is 11.7. The Hall–Kier alpha value is -2.12. The Morgan fingerprint density at radius 1 is 1.35 bits per heavy atom. The van der Waals surface area contributed by atoms with Gasteiger partial charge in [0.25, 0.3) is 5.69 Å². The predicted molar refractivity (Wildman–Crippen MR) is 89.1 cm³/mol. The molecule has 0 saturated carbocycles. The van der Waals surface area contributed by atoms with Crippen LogP contribution < -0.4 is 10.1 Å². The van der Waals surface area contributed by atoms with Crippen LogP contribution in [0.1, 0.15) is 24.3 Å². The summed E-state index contributed by atoms with van der Waals surface area (Å²) in [5.74, 6) is 0.352. The third kappa shape index (κ3) is 5.22. The van der Waals surface area contributed by atoms with Crippen molar-refractivity contribution >= 4 is 34.5 Å². The van der Waals surface area contributed by atoms with E-state index in [2.05, 4.69) is 5.32 Å². The average molecular weight is 355 g/mol. The SMILES string of the molecule is C[C@@H](NC(=O)CCOc1ccc([N+](=O)[O-])cc1)c1ccc(Cl)s1. The van der Waals surface area contributed by atoms with Gasteiger partial charge < -0.3 is 10.1 Å². The van der Waals surface area contributed by atoms with Gasteiger partial charge in [0, 0.05) is 17.0 Å². The second-order valence-electron chi connectivity index (χ2n) is 4.78. The maximum atomic E-state index is 11.9. The summed E-state index contributed by atoms with van der Waals surface area (Å²) in [5, 5.41) is 13.4. The van der Waals surface area contributed by atoms with Crippen LogP contribution in [0.5, 0.6) is 5.75 Å². The maximum absolute atomic E-state index is 11.9. The zero-order chi connectivity index (χ0) is 16.8. The van der Waals surface area contributed by atoms with E-state index in [0.717, 1.165) is 4.88 Å². The second kappa shape index (κ2) is 7.94. The number of hydrogen-bond donors (Lipinski definition) is 1. The van der Waals surface area contributed by atoms with Crippen molar-refractivity contribution in [1.29, 1.82) is 0 Å². The van der Waals surface area contributed by atoms with Gasteiger partial charge in [0.2, 0.25) is 5.91 Å². The molecule has 0 fully saturated rings. The summed E-state index contributed by atoms with van der Waals surface area (Å²) >= 11 is 7.29. The molecule has 2 aromatic rings. The Labute approximate surface area is 142 Å². The standard InChI is InChI=1S/C15H15ClN2O4S/c1-10(13-6-7-14(16)23-13)17-15(19)8-9-22-12-4-2-11(3-5-12)18(20)21/h2-7,10H,8-9H2,1H3,(H,17,19)/t10-/m1/s1. The third-order valence-corrected chi connectivity index (χ3v) is 4.46. The summed E-state index contributed by atoms with van der Waals surface area (Å²) in [6, 6.07) is 9.29. The molecule has 0 aliphatic carbocycles. The molecule has 2 rings (SSSR count). The molecule has 1 aromatic carbocycles. The first-order valence-electron chi connectivity index (χ1n) is 6.87. The molecular weight excluding hydrogens is 340 g/mol. The first-order chi connectivity index (χ1) is 11.0. The Morgan fingerprint density at radius 3 is 2.61 bits per heavy atom. The maximum Gasteiger partial charge on any atom is 0.269 e. The van der Waals surface area contributed by atoms with E-state index >= 15 is 0 Å². The van der Waals surface area contributed by atoms with Gasteiger partial charge in [-0.25, -0.2) is 0 Å². The summed E-state index contributed by atoms with van der Waals surface area (Å²) in [6.45, 7) is 2.08. The number of carbonyl (C=O) groups is 1. The summed E-state index contributed by atoms with van der Waals surface area (Å²) in [7, 11) is 0. The number of thiophene rings is 1. The fraction of sp³-hybridized carbons (Fsp3) is 0.267. The molecule has 1 N–H and O–H groups in total. The van der Waals surface area contributed by atoms with Crippen molar-refractivity contribution in [3.63, 3.8) is 0 Å². The number of non-ortho nitro benzene ring substituents is 1. The number of halogens is 1. The van der Waals surface area contributed by atoms with Crippen molar-refractivity contribution in [3.8, 4) is 5.75 Å². The van der Waals surface area contributed by atoms with Gasteiger partial charge in [-0.2, -0.15) is 0 Å². The number of rotatable bonds is 7. The minimum Gasteiger partial charge on any atom is -0.493 e. The molecule has 0 bridgehead atoms. The Balaban J connectivity index is 1.75. The first kappa shape index (κ1) is 17.2. The molecule has 1 aromatic heterocycles. The highest BCUT2D eigenvalue weighted by Gasteiger charge is 2.12. The van der Waals surface area contributed by atoms with E-state index in [1.807, 2.05) is 13.0 Å². The quantitative estimate of drug-likeness (QED) is 0.602. The van der Waals surface area contributed by atoms with E-state index in [9.17, 15) is 14.9 Å². The monoisotopic (exact) mass is 354 g/mol. The molecule has 23 heavy (non-hydrogen) atoms. The molecule has 0 unspecified atom stereocenters. The van der Waals surface area contributed by atoms with Gasteiger partial charge in [-0.15, -0.1) is 11.3 Å². The van der Waals surface area contributed by atoms with Gasteiger partial charge in [0.1, 0.15) is 5.75 Å². The highest BCUT2D eigenvalue weighted by molar-refractivity contribution is 7.16. The van der Waals surface area contributed by atoms with Crippen molar-refractivity contribution in [2.75, 3.05) is 6.61 Å². The fourth-order valence-electron chi connectivity index (χ4n) is 1.87. The lowest BCUT2D eigenvalue weighted by molar-refractivity contribution is -0.384. The molecule has 0 spiro atoms. The lowest BCUT2D eigenvalue weighted by Crippen LogP contribution is -2.27. The van der Waals surface area contributed by atoms with Gasteiger partial charge in [-0.05, 0) is 31.2 Å². The van der Waals surface area contributed by atoms with Crippen LogP contribution >= 0.6 is 22.9 Å². The molecule has 0 radical (unpaired) electrons. The van der Waals surface area contributed by atoms with Crippen LogP contribution in [0.25, 0.3) is 0 Å². The number of hydrogen-bond acceptors (Lipinski definition) is 5. The van der Waals surface area contributed by atoms with Crippen LogP contribution in [0.3, 0.4) is 0 Å². The van der Waals surface area contributed by atoms with Gasteiger partial charge in [0.15, 0.2) is 0 Å². The number of nitrogens with zero attached hydrogens (tertiary/aromatic N) is 1. The van der Waals surface area contributed by atoms with E-state index in [0.29, 0.717) is 10.1 Å². The predicted octanol–water partition coefficient (Wildman–Crippen LogP) is 3.96. The highest BCUT2D eigenvalue weighted by Crippen LogP contribution is 2.26. The number of nitro groups is 1. The number of amides is 1. The van der Waals surface area contributed by atoms with Crippen LogP contribution in [-0.4, -0.2) is 17.4 Å². The number of carbonyl (C=O) groups excluding carboxylic acids is 1. The van der Waals surface area contributed by atoms with E-state index in [4.69, 9.17) is 16.3 Å². The summed E-state index contributed by atoms with van der Waals surface area (Å²) in [6.07, 6.45) is 0.195. The van der Waals surface area contributed by atoms with Crippen molar-refractivity contribution in [3.05, 3.63) is 55.7 Å². The molecule has 0 aliphatic rings. The van der Waals surface area contributed by atoms with E-state index < -0.39 is 4.92 Å². The molecule has 1 heterocycles. The summed E-state index contributed by atoms with van der Waals surface area (Å²) < 4.78 is 6.08. The molecular formula is C15H15ClN2O4S. The topological polar surface area (TPSA) is 81.5 Å². The molecule has 0 aliphatic heterocycles. The Morgan fingerprint density at radius 2 is 2.04 bits per heavy atom. The lowest BCUT2D eigenvalue weighted by Gasteiger charge is -2.12. The number of nitrogens with one attached hydrogen (secondary N) is 1. The average Bonchev–Trinajstić information content (AvgIpc) is 2.94. The number of nitro benzene ring substituents is 1. The zero-order valence-electron chi connectivity index (χ0n) is 12.3. The zero-order valence-corrected chi connectivity index (χ0v) is 13.9. The Bertz CT molecular complexity index is 687. The van der Waals surface area contributed by atoms with Crippen molar-refractivity contribution in [1.82, 2.24) is 5.32 Å². The van der Waals surface area contributed by atoms with Gasteiger partial charge in [-0.1, -0.05) is 11.6 Å². The second-order valence-corrected chi connectivity index (χ2v) is 6.53. The Kier molecular flexibility index (Phi) is 5.95. The highest BCUT2D eigenvalue weighted by atomic mass is 35.5. The minimum absolute atomic E-state index is 0.00136. The summed E-state index contributed by atoms with van der Waals surface area (Å²) in [4.78, 5) is 22.9. The molecule has 8 heteroatoms. The van der Waals surface area contributed by atoms with E-state index in [-0.39, 0.29) is 30.7 Å². The number of benzene rings is 1. The van der Waals surface area contributed by atoms with Crippen LogP contribution in [-0.2, 0) is 4.79 Å². The largest absolute Gasteiger partial charge is 0.493 e. The van der Waals surface area contributed by atoms with Crippen molar-refractivity contribution in [2.24, 2.45) is 0 Å². The van der Waals surface area contributed by atoms with Crippen LogP contribution in [0, 0.1) is 10.1 Å². The third-order valence-electron chi connectivity index (χ3n) is 3.04. The first-order valence-corrected chi connectivity index (χ1v) is 8.07.